The fourth-order valence-corrected chi connectivity index (χ4v) is 5.52. The highest BCUT2D eigenvalue weighted by Crippen LogP contribution is 2.29. The van der Waals surface area contributed by atoms with Crippen LogP contribution in [0.2, 0.25) is 0 Å². The van der Waals surface area contributed by atoms with Crippen LogP contribution in [0.15, 0.2) is 48.5 Å². The minimum Gasteiger partial charge on any atom is -0.497 e. The largest absolute Gasteiger partial charge is 0.497 e. The molecule has 0 radical (unpaired) electrons. The second-order valence-corrected chi connectivity index (χ2v) is 9.75. The fraction of sp³-hybridized carbons (Fsp3) is 0.423. The van der Waals surface area contributed by atoms with E-state index in [4.69, 9.17) is 9.72 Å². The standard InChI is InChI=1S/C26H31N5O2S/c1-19-5-7-20(8-6-19)18-24-27-26(34-28-24)31-13-3-4-23(31)25(32)30-16-14-29(15-17-30)21-9-11-22(33-2)12-10-21/h5-12,23H,3-4,13-18H2,1-2H3. The highest BCUT2D eigenvalue weighted by Gasteiger charge is 2.36. The van der Waals surface area contributed by atoms with Crippen LogP contribution in [0.25, 0.3) is 0 Å². The molecule has 2 fully saturated rings. The van der Waals surface area contributed by atoms with Crippen LogP contribution in [0.5, 0.6) is 5.75 Å². The van der Waals surface area contributed by atoms with E-state index in [0.29, 0.717) is 0 Å². The molecule has 1 unspecified atom stereocenters. The monoisotopic (exact) mass is 477 g/mol. The van der Waals surface area contributed by atoms with Gasteiger partial charge in [0.15, 0.2) is 0 Å². The number of carbonyl (C=O) groups is 1. The Bertz CT molecular complexity index is 1110. The number of nitrogens with zero attached hydrogens (tertiary/aromatic N) is 5. The van der Waals surface area contributed by atoms with Crippen molar-refractivity contribution in [2.24, 2.45) is 0 Å². The van der Waals surface area contributed by atoms with Gasteiger partial charge in [0.05, 0.1) is 7.11 Å². The summed E-state index contributed by atoms with van der Waals surface area (Å²) in [6.45, 7) is 6.11. The number of aryl methyl sites for hydroxylation is 1. The number of benzene rings is 2. The van der Waals surface area contributed by atoms with Crippen LogP contribution in [0.3, 0.4) is 0 Å². The molecule has 3 heterocycles. The zero-order valence-electron chi connectivity index (χ0n) is 19.8. The molecule has 7 nitrogen and oxygen atoms in total. The van der Waals surface area contributed by atoms with E-state index in [1.54, 1.807) is 7.11 Å². The summed E-state index contributed by atoms with van der Waals surface area (Å²) in [6, 6.07) is 16.5. The highest BCUT2D eigenvalue weighted by atomic mass is 32.1. The lowest BCUT2D eigenvalue weighted by Crippen LogP contribution is -2.53. The fourth-order valence-electron chi connectivity index (χ4n) is 4.76. The second kappa shape index (κ2) is 10.0. The molecule has 1 aromatic heterocycles. The van der Waals surface area contributed by atoms with E-state index in [2.05, 4.69) is 57.5 Å². The smallest absolute Gasteiger partial charge is 0.245 e. The van der Waals surface area contributed by atoms with Crippen molar-refractivity contribution in [3.05, 3.63) is 65.5 Å². The molecule has 5 rings (SSSR count). The summed E-state index contributed by atoms with van der Waals surface area (Å²) < 4.78 is 9.85. The molecule has 8 heteroatoms. The third kappa shape index (κ3) is 4.87. The van der Waals surface area contributed by atoms with Gasteiger partial charge in [0, 0.05) is 56.4 Å². The summed E-state index contributed by atoms with van der Waals surface area (Å²) in [5, 5.41) is 0.870. The molecule has 2 aromatic carbocycles. The number of rotatable bonds is 6. The third-order valence-corrected chi connectivity index (χ3v) is 7.54. The number of methoxy groups -OCH3 is 1. The molecule has 34 heavy (non-hydrogen) atoms. The van der Waals surface area contributed by atoms with E-state index < -0.39 is 0 Å². The first-order valence-electron chi connectivity index (χ1n) is 11.9. The zero-order valence-corrected chi connectivity index (χ0v) is 20.6. The lowest BCUT2D eigenvalue weighted by Gasteiger charge is -2.38. The Kier molecular flexibility index (Phi) is 6.67. The van der Waals surface area contributed by atoms with Crippen molar-refractivity contribution in [1.82, 2.24) is 14.3 Å². The predicted molar refractivity (Wildman–Crippen MR) is 136 cm³/mol. The van der Waals surface area contributed by atoms with Gasteiger partial charge in [-0.15, -0.1) is 0 Å². The summed E-state index contributed by atoms with van der Waals surface area (Å²) in [5.74, 6) is 1.91. The van der Waals surface area contributed by atoms with Gasteiger partial charge in [0.25, 0.3) is 0 Å². The normalized spacial score (nSPS) is 18.4. The van der Waals surface area contributed by atoms with Crippen molar-refractivity contribution >= 4 is 28.3 Å². The van der Waals surface area contributed by atoms with Crippen LogP contribution >= 0.6 is 11.5 Å². The quantitative estimate of drug-likeness (QED) is 0.539. The number of anilines is 2. The molecule has 0 spiro atoms. The van der Waals surface area contributed by atoms with E-state index in [1.165, 1.54) is 28.3 Å². The molecule has 2 aliphatic rings. The van der Waals surface area contributed by atoms with E-state index in [0.717, 1.165) is 68.7 Å². The first-order valence-corrected chi connectivity index (χ1v) is 12.7. The van der Waals surface area contributed by atoms with E-state index >= 15 is 0 Å². The number of amides is 1. The molecule has 3 aromatic rings. The molecule has 0 aliphatic carbocycles. The number of hydrogen-bond donors (Lipinski definition) is 0. The summed E-state index contributed by atoms with van der Waals surface area (Å²) in [4.78, 5) is 24.8. The van der Waals surface area contributed by atoms with Crippen LogP contribution < -0.4 is 14.5 Å². The lowest BCUT2D eigenvalue weighted by atomic mass is 10.1. The van der Waals surface area contributed by atoms with Crippen molar-refractivity contribution in [3.63, 3.8) is 0 Å². The van der Waals surface area contributed by atoms with Crippen molar-refractivity contribution < 1.29 is 9.53 Å². The molecule has 2 aliphatic heterocycles. The van der Waals surface area contributed by atoms with Gasteiger partial charge in [-0.1, -0.05) is 29.8 Å². The summed E-state index contributed by atoms with van der Waals surface area (Å²) in [7, 11) is 1.68. The average molecular weight is 478 g/mol. The number of hydrogen-bond acceptors (Lipinski definition) is 7. The topological polar surface area (TPSA) is 61.8 Å². The molecule has 1 amide bonds. The third-order valence-electron chi connectivity index (χ3n) is 6.75. The predicted octanol–water partition coefficient (Wildman–Crippen LogP) is 3.76. The van der Waals surface area contributed by atoms with Gasteiger partial charge in [-0.05, 0) is 49.6 Å². The Labute approximate surface area is 205 Å². The van der Waals surface area contributed by atoms with Gasteiger partial charge in [-0.3, -0.25) is 4.79 Å². The van der Waals surface area contributed by atoms with Crippen molar-refractivity contribution in [3.8, 4) is 5.75 Å². The number of piperazine rings is 1. The van der Waals surface area contributed by atoms with E-state index in [1.807, 2.05) is 17.0 Å². The average Bonchev–Trinajstić information content (AvgIpc) is 3.55. The number of carbonyl (C=O) groups excluding carboxylic acids is 1. The summed E-state index contributed by atoms with van der Waals surface area (Å²) >= 11 is 1.41. The molecule has 0 bridgehead atoms. The second-order valence-electron chi connectivity index (χ2n) is 9.02. The molecule has 2 saturated heterocycles. The van der Waals surface area contributed by atoms with Gasteiger partial charge in [-0.25, -0.2) is 4.98 Å². The molecular formula is C26H31N5O2S. The molecule has 0 saturated carbocycles. The van der Waals surface area contributed by atoms with Crippen LogP contribution in [0.1, 0.15) is 29.8 Å². The van der Waals surface area contributed by atoms with Crippen LogP contribution in [0, 0.1) is 6.92 Å². The molecule has 178 valence electrons. The van der Waals surface area contributed by atoms with Gasteiger partial charge >= 0.3 is 0 Å². The molecule has 0 N–H and O–H groups in total. The first kappa shape index (κ1) is 22.7. The Hall–Kier alpha value is -3.13. The summed E-state index contributed by atoms with van der Waals surface area (Å²) in [5.41, 5.74) is 3.63. The Morgan fingerprint density at radius 3 is 2.47 bits per heavy atom. The van der Waals surface area contributed by atoms with Crippen LogP contribution in [-0.2, 0) is 11.2 Å². The SMILES string of the molecule is COc1ccc(N2CCN(C(=O)C3CCCN3c3nc(Cc4ccc(C)cc4)ns3)CC2)cc1. The maximum Gasteiger partial charge on any atom is 0.245 e. The van der Waals surface area contributed by atoms with Crippen molar-refractivity contribution in [2.45, 2.75) is 32.2 Å². The lowest BCUT2D eigenvalue weighted by molar-refractivity contribution is -0.132. The van der Waals surface area contributed by atoms with Crippen molar-refractivity contribution in [2.75, 3.05) is 49.6 Å². The van der Waals surface area contributed by atoms with Crippen LogP contribution in [-0.4, -0.2) is 66.0 Å². The Morgan fingerprint density at radius 1 is 1.03 bits per heavy atom. The minimum absolute atomic E-state index is 0.132. The molecule has 1 atom stereocenters. The Balaban J connectivity index is 1.20. The van der Waals surface area contributed by atoms with Gasteiger partial charge < -0.3 is 19.4 Å². The van der Waals surface area contributed by atoms with Gasteiger partial charge in [0.1, 0.15) is 17.6 Å². The van der Waals surface area contributed by atoms with Gasteiger partial charge in [-0.2, -0.15) is 4.37 Å². The van der Waals surface area contributed by atoms with Crippen molar-refractivity contribution in [1.29, 1.82) is 0 Å². The van der Waals surface area contributed by atoms with Gasteiger partial charge in [0.2, 0.25) is 11.0 Å². The maximum absolute atomic E-state index is 13.4. The zero-order chi connectivity index (χ0) is 23.5. The summed E-state index contributed by atoms with van der Waals surface area (Å²) in [6.07, 6.45) is 2.61. The maximum atomic E-state index is 13.4. The number of aromatic nitrogens is 2. The van der Waals surface area contributed by atoms with E-state index in [9.17, 15) is 4.79 Å². The highest BCUT2D eigenvalue weighted by molar-refractivity contribution is 7.09. The van der Waals surface area contributed by atoms with E-state index in [-0.39, 0.29) is 11.9 Å². The molecular weight excluding hydrogens is 446 g/mol. The first-order chi connectivity index (χ1) is 16.6. The van der Waals surface area contributed by atoms with Crippen LogP contribution in [0.4, 0.5) is 10.8 Å². The number of ether oxygens (including phenoxy) is 1. The minimum atomic E-state index is -0.132. The Morgan fingerprint density at radius 2 is 1.76 bits per heavy atom.